The van der Waals surface area contributed by atoms with Gasteiger partial charge in [-0.15, -0.1) is 11.3 Å². The van der Waals surface area contributed by atoms with Crippen molar-refractivity contribution in [2.75, 3.05) is 6.54 Å². The predicted octanol–water partition coefficient (Wildman–Crippen LogP) is 4.35. The number of benzene rings is 1. The second-order valence-corrected chi connectivity index (χ2v) is 7.83. The van der Waals surface area contributed by atoms with Gasteiger partial charge in [-0.25, -0.2) is 9.37 Å². The molecular formula is C20H26FN3OS. The number of nitrogens with one attached hydrogen (secondary N) is 1. The molecule has 0 fully saturated rings. The fourth-order valence-corrected chi connectivity index (χ4v) is 4.53. The standard InChI is InChI=1S/C20H26FN3OS/c21-15-11-9-14(10-12-15)20-24-17-7-5-6-16(19(17)26-20)23-18(25)8-3-1-2-4-13-22/h9-12,16H,1-8,13,22H2,(H,23,25). The Morgan fingerprint density at radius 3 is 2.77 bits per heavy atom. The number of thiazole rings is 1. The van der Waals surface area contributed by atoms with Crippen molar-refractivity contribution < 1.29 is 9.18 Å². The zero-order valence-corrected chi connectivity index (χ0v) is 15.8. The molecule has 4 nitrogen and oxygen atoms in total. The summed E-state index contributed by atoms with van der Waals surface area (Å²) in [5, 5.41) is 4.09. The van der Waals surface area contributed by atoms with E-state index in [2.05, 4.69) is 5.32 Å². The number of nitrogens with two attached hydrogens (primary N) is 1. The van der Waals surface area contributed by atoms with Crippen LogP contribution in [0.5, 0.6) is 0 Å². The second kappa shape index (κ2) is 9.24. The second-order valence-electron chi connectivity index (χ2n) is 6.80. The van der Waals surface area contributed by atoms with Gasteiger partial charge in [0, 0.05) is 12.0 Å². The predicted molar refractivity (Wildman–Crippen MR) is 103 cm³/mol. The molecule has 26 heavy (non-hydrogen) atoms. The number of carbonyl (C=O) groups excluding carboxylic acids is 1. The van der Waals surface area contributed by atoms with Gasteiger partial charge in [0.05, 0.1) is 16.6 Å². The first-order chi connectivity index (χ1) is 12.7. The topological polar surface area (TPSA) is 68.0 Å². The van der Waals surface area contributed by atoms with Crippen LogP contribution in [0.15, 0.2) is 24.3 Å². The lowest BCUT2D eigenvalue weighted by Gasteiger charge is -2.22. The van der Waals surface area contributed by atoms with E-state index in [9.17, 15) is 9.18 Å². The number of aromatic nitrogens is 1. The summed E-state index contributed by atoms with van der Waals surface area (Å²) in [6.45, 7) is 0.721. The Morgan fingerprint density at radius 1 is 1.23 bits per heavy atom. The molecule has 1 heterocycles. The molecule has 0 radical (unpaired) electrons. The van der Waals surface area contributed by atoms with Crippen LogP contribution in [-0.2, 0) is 11.2 Å². The van der Waals surface area contributed by atoms with Crippen molar-refractivity contribution in [3.05, 3.63) is 40.7 Å². The number of hydrogen-bond acceptors (Lipinski definition) is 4. The molecule has 6 heteroatoms. The molecule has 1 aliphatic carbocycles. The average molecular weight is 376 g/mol. The van der Waals surface area contributed by atoms with E-state index >= 15 is 0 Å². The third-order valence-corrected chi connectivity index (χ3v) is 6.00. The van der Waals surface area contributed by atoms with E-state index in [-0.39, 0.29) is 17.8 Å². The van der Waals surface area contributed by atoms with Crippen LogP contribution in [0, 0.1) is 5.82 Å². The van der Waals surface area contributed by atoms with Gasteiger partial charge in [0.25, 0.3) is 0 Å². The lowest BCUT2D eigenvalue weighted by molar-refractivity contribution is -0.122. The van der Waals surface area contributed by atoms with Gasteiger partial charge < -0.3 is 11.1 Å². The highest BCUT2D eigenvalue weighted by Gasteiger charge is 2.26. The van der Waals surface area contributed by atoms with Crippen molar-refractivity contribution in [2.24, 2.45) is 5.73 Å². The third-order valence-electron chi connectivity index (χ3n) is 4.73. The van der Waals surface area contributed by atoms with Crippen LogP contribution in [0.2, 0.25) is 0 Å². The van der Waals surface area contributed by atoms with Gasteiger partial charge in [0.2, 0.25) is 5.91 Å². The van der Waals surface area contributed by atoms with E-state index in [0.717, 1.165) is 72.6 Å². The van der Waals surface area contributed by atoms with Crippen LogP contribution < -0.4 is 11.1 Å². The summed E-state index contributed by atoms with van der Waals surface area (Å²) in [5.74, 6) is -0.126. The Balaban J connectivity index is 1.61. The molecule has 1 aromatic heterocycles. The average Bonchev–Trinajstić information content (AvgIpc) is 3.07. The monoisotopic (exact) mass is 375 g/mol. The first kappa shape index (κ1) is 19.0. The highest BCUT2D eigenvalue weighted by atomic mass is 32.1. The summed E-state index contributed by atoms with van der Waals surface area (Å²) in [4.78, 5) is 18.2. The first-order valence-corrected chi connectivity index (χ1v) is 10.2. The number of amides is 1. The fraction of sp³-hybridized carbons (Fsp3) is 0.500. The lowest BCUT2D eigenvalue weighted by atomic mass is 9.98. The molecule has 0 spiro atoms. The minimum Gasteiger partial charge on any atom is -0.348 e. The molecule has 0 bridgehead atoms. The summed E-state index contributed by atoms with van der Waals surface area (Å²) in [6.07, 6.45) is 7.58. The normalized spacial score (nSPS) is 16.3. The van der Waals surface area contributed by atoms with E-state index in [1.165, 1.54) is 12.1 Å². The van der Waals surface area contributed by atoms with E-state index < -0.39 is 0 Å². The van der Waals surface area contributed by atoms with Crippen molar-refractivity contribution in [3.8, 4) is 10.6 Å². The zero-order chi connectivity index (χ0) is 18.4. The number of fused-ring (bicyclic) bond motifs is 1. The molecule has 1 aliphatic rings. The van der Waals surface area contributed by atoms with Gasteiger partial charge >= 0.3 is 0 Å². The quantitative estimate of drug-likeness (QED) is 0.674. The molecule has 3 N–H and O–H groups in total. The van der Waals surface area contributed by atoms with Crippen molar-refractivity contribution in [1.29, 1.82) is 0 Å². The van der Waals surface area contributed by atoms with Gasteiger partial charge in [-0.2, -0.15) is 0 Å². The molecule has 0 saturated carbocycles. The minimum absolute atomic E-state index is 0.0574. The molecule has 2 aromatic rings. The molecule has 0 saturated heterocycles. The van der Waals surface area contributed by atoms with Crippen molar-refractivity contribution in [3.63, 3.8) is 0 Å². The van der Waals surface area contributed by atoms with Gasteiger partial charge in [0.15, 0.2) is 0 Å². The van der Waals surface area contributed by atoms with Crippen molar-refractivity contribution >= 4 is 17.2 Å². The van der Waals surface area contributed by atoms with E-state index in [1.54, 1.807) is 23.5 Å². The number of carbonyl (C=O) groups is 1. The molecule has 1 unspecified atom stereocenters. The maximum absolute atomic E-state index is 13.1. The fourth-order valence-electron chi connectivity index (χ4n) is 3.32. The van der Waals surface area contributed by atoms with Crippen LogP contribution in [0.3, 0.4) is 0 Å². The Bertz CT molecular complexity index is 729. The zero-order valence-electron chi connectivity index (χ0n) is 15.0. The number of aryl methyl sites for hydroxylation is 1. The summed E-state index contributed by atoms with van der Waals surface area (Å²) < 4.78 is 13.1. The van der Waals surface area contributed by atoms with E-state index in [1.807, 2.05) is 0 Å². The maximum Gasteiger partial charge on any atom is 0.220 e. The molecular weight excluding hydrogens is 349 g/mol. The molecule has 0 aliphatic heterocycles. The Morgan fingerprint density at radius 2 is 2.00 bits per heavy atom. The molecule has 1 aromatic carbocycles. The highest BCUT2D eigenvalue weighted by Crippen LogP contribution is 2.38. The lowest BCUT2D eigenvalue weighted by Crippen LogP contribution is -2.30. The van der Waals surface area contributed by atoms with Crippen LogP contribution in [-0.4, -0.2) is 17.4 Å². The van der Waals surface area contributed by atoms with Crippen molar-refractivity contribution in [2.45, 2.75) is 57.4 Å². The number of rotatable bonds is 8. The van der Waals surface area contributed by atoms with Crippen LogP contribution in [0.1, 0.15) is 61.6 Å². The van der Waals surface area contributed by atoms with Crippen LogP contribution >= 0.6 is 11.3 Å². The minimum atomic E-state index is -0.244. The van der Waals surface area contributed by atoms with Gasteiger partial charge in [-0.1, -0.05) is 12.8 Å². The first-order valence-electron chi connectivity index (χ1n) is 9.42. The summed E-state index contributed by atoms with van der Waals surface area (Å²) in [6, 6.07) is 6.49. The molecule has 140 valence electrons. The number of hydrogen-bond donors (Lipinski definition) is 2. The Hall–Kier alpha value is -1.79. The summed E-state index contributed by atoms with van der Waals surface area (Å²) in [5.41, 5.74) is 7.49. The Kier molecular flexibility index (Phi) is 6.74. The third kappa shape index (κ3) is 4.89. The van der Waals surface area contributed by atoms with E-state index in [0.29, 0.717) is 6.42 Å². The van der Waals surface area contributed by atoms with Crippen LogP contribution in [0.4, 0.5) is 4.39 Å². The van der Waals surface area contributed by atoms with Crippen molar-refractivity contribution in [1.82, 2.24) is 10.3 Å². The van der Waals surface area contributed by atoms with Gasteiger partial charge in [-0.3, -0.25) is 4.79 Å². The largest absolute Gasteiger partial charge is 0.348 e. The highest BCUT2D eigenvalue weighted by molar-refractivity contribution is 7.15. The number of halogens is 1. The number of nitrogens with zero attached hydrogens (tertiary/aromatic N) is 1. The molecule has 3 rings (SSSR count). The maximum atomic E-state index is 13.1. The summed E-state index contributed by atoms with van der Waals surface area (Å²) in [7, 11) is 0. The molecule has 1 amide bonds. The smallest absolute Gasteiger partial charge is 0.220 e. The Labute approximate surface area is 158 Å². The number of unbranched alkanes of at least 4 members (excludes halogenated alkanes) is 3. The van der Waals surface area contributed by atoms with Crippen LogP contribution in [0.25, 0.3) is 10.6 Å². The van der Waals surface area contributed by atoms with E-state index in [4.69, 9.17) is 10.7 Å². The summed E-state index contributed by atoms with van der Waals surface area (Å²) >= 11 is 1.62. The molecule has 1 atom stereocenters. The van der Waals surface area contributed by atoms with Gasteiger partial charge in [0.1, 0.15) is 10.8 Å². The van der Waals surface area contributed by atoms with Gasteiger partial charge in [-0.05, 0) is 62.9 Å². The SMILES string of the molecule is NCCCCCCC(=O)NC1CCCc2nc(-c3ccc(F)cc3)sc21.